The Bertz CT molecular complexity index is 635. The minimum absolute atomic E-state index is 0.140. The van der Waals surface area contributed by atoms with Crippen molar-refractivity contribution in [1.82, 2.24) is 0 Å². The first kappa shape index (κ1) is 12.3. The second kappa shape index (κ2) is 4.74. The number of aryl methyl sites for hydroxylation is 1. The van der Waals surface area contributed by atoms with Gasteiger partial charge in [-0.25, -0.2) is 0 Å². The Labute approximate surface area is 119 Å². The van der Waals surface area contributed by atoms with Crippen LogP contribution in [0, 0.1) is 6.92 Å². The number of hydrogen-bond acceptors (Lipinski definition) is 3. The lowest BCUT2D eigenvalue weighted by Gasteiger charge is -2.28. The molecule has 0 spiro atoms. The standard InChI is InChI=1S/C14H12BrNO3/c1-9-8-12(15)19-13(9)14(17)16-6-7-18-11-5-3-2-4-10(11)16/h2-5,8H,6-7H2,1H3. The molecule has 2 aromatic rings. The molecule has 3 rings (SSSR count). The average molecular weight is 322 g/mol. The fraction of sp³-hybridized carbons (Fsp3) is 0.214. The van der Waals surface area contributed by atoms with Gasteiger partial charge in [0.2, 0.25) is 0 Å². The van der Waals surface area contributed by atoms with Crippen molar-refractivity contribution in [2.45, 2.75) is 6.92 Å². The monoisotopic (exact) mass is 321 g/mol. The summed E-state index contributed by atoms with van der Waals surface area (Å²) in [5, 5.41) is 0. The summed E-state index contributed by atoms with van der Waals surface area (Å²) in [6, 6.07) is 9.30. The van der Waals surface area contributed by atoms with Crippen LogP contribution >= 0.6 is 15.9 Å². The lowest BCUT2D eigenvalue weighted by Crippen LogP contribution is -2.38. The topological polar surface area (TPSA) is 42.7 Å². The Morgan fingerprint density at radius 3 is 2.89 bits per heavy atom. The first-order valence-electron chi connectivity index (χ1n) is 5.96. The highest BCUT2D eigenvalue weighted by atomic mass is 79.9. The largest absolute Gasteiger partial charge is 0.490 e. The number of nitrogens with zero attached hydrogens (tertiary/aromatic N) is 1. The lowest BCUT2D eigenvalue weighted by atomic mass is 10.2. The summed E-state index contributed by atoms with van der Waals surface area (Å²) in [4.78, 5) is 14.2. The molecule has 1 aromatic heterocycles. The van der Waals surface area contributed by atoms with Gasteiger partial charge in [0.1, 0.15) is 12.4 Å². The summed E-state index contributed by atoms with van der Waals surface area (Å²) < 4.78 is 11.5. The molecule has 0 fully saturated rings. The SMILES string of the molecule is Cc1cc(Br)oc1C(=O)N1CCOc2ccccc21. The van der Waals surface area contributed by atoms with Gasteiger partial charge in [0.25, 0.3) is 5.91 Å². The van der Waals surface area contributed by atoms with Gasteiger partial charge in [0.05, 0.1) is 12.2 Å². The zero-order valence-corrected chi connectivity index (χ0v) is 11.9. The number of amides is 1. The normalized spacial score (nSPS) is 13.9. The third kappa shape index (κ3) is 2.14. The zero-order chi connectivity index (χ0) is 13.4. The van der Waals surface area contributed by atoms with Crippen LogP contribution in [0.3, 0.4) is 0 Å². The fourth-order valence-corrected chi connectivity index (χ4v) is 2.66. The summed E-state index contributed by atoms with van der Waals surface area (Å²) in [5.41, 5.74) is 1.60. The minimum atomic E-state index is -0.140. The fourth-order valence-electron chi connectivity index (χ4n) is 2.16. The molecule has 5 heteroatoms. The molecule has 0 atom stereocenters. The van der Waals surface area contributed by atoms with Gasteiger partial charge in [-0.2, -0.15) is 0 Å². The number of benzene rings is 1. The van der Waals surface area contributed by atoms with Crippen molar-refractivity contribution in [2.75, 3.05) is 18.1 Å². The van der Waals surface area contributed by atoms with E-state index < -0.39 is 0 Å². The summed E-state index contributed by atoms with van der Waals surface area (Å²) in [6.07, 6.45) is 0. The van der Waals surface area contributed by atoms with Crippen LogP contribution in [0.15, 0.2) is 39.4 Å². The maximum atomic E-state index is 12.6. The predicted molar refractivity (Wildman–Crippen MR) is 74.8 cm³/mol. The Morgan fingerprint density at radius 1 is 1.37 bits per heavy atom. The molecule has 1 aliphatic heterocycles. The second-order valence-corrected chi connectivity index (χ2v) is 5.12. The van der Waals surface area contributed by atoms with Gasteiger partial charge in [-0.05, 0) is 41.1 Å². The highest BCUT2D eigenvalue weighted by Crippen LogP contribution is 2.33. The van der Waals surface area contributed by atoms with E-state index in [-0.39, 0.29) is 5.91 Å². The molecule has 0 N–H and O–H groups in total. The molecule has 1 aromatic carbocycles. The lowest BCUT2D eigenvalue weighted by molar-refractivity contribution is 0.0947. The number of carbonyl (C=O) groups is 1. The molecule has 0 saturated carbocycles. The van der Waals surface area contributed by atoms with Gasteiger partial charge in [-0.1, -0.05) is 12.1 Å². The number of para-hydroxylation sites is 2. The number of carbonyl (C=O) groups excluding carboxylic acids is 1. The molecule has 19 heavy (non-hydrogen) atoms. The van der Waals surface area contributed by atoms with Gasteiger partial charge < -0.3 is 9.15 Å². The quantitative estimate of drug-likeness (QED) is 0.808. The summed E-state index contributed by atoms with van der Waals surface area (Å²) in [5.74, 6) is 0.952. The van der Waals surface area contributed by atoms with Crippen LogP contribution in [0.4, 0.5) is 5.69 Å². The van der Waals surface area contributed by atoms with Crippen molar-refractivity contribution in [3.63, 3.8) is 0 Å². The van der Waals surface area contributed by atoms with Gasteiger partial charge in [0.15, 0.2) is 10.4 Å². The van der Waals surface area contributed by atoms with Crippen molar-refractivity contribution in [3.8, 4) is 5.75 Å². The molecule has 1 aliphatic rings. The molecule has 2 heterocycles. The Hall–Kier alpha value is -1.75. The smallest absolute Gasteiger partial charge is 0.294 e. The first-order chi connectivity index (χ1) is 9.16. The molecule has 4 nitrogen and oxygen atoms in total. The van der Waals surface area contributed by atoms with Crippen LogP contribution in [0.1, 0.15) is 16.1 Å². The van der Waals surface area contributed by atoms with Crippen molar-refractivity contribution >= 4 is 27.5 Å². The average Bonchev–Trinajstić information content (AvgIpc) is 2.76. The second-order valence-electron chi connectivity index (χ2n) is 4.34. The molecule has 0 bridgehead atoms. The predicted octanol–water partition coefficient (Wildman–Crippen LogP) is 3.39. The zero-order valence-electron chi connectivity index (χ0n) is 10.4. The van der Waals surface area contributed by atoms with E-state index in [2.05, 4.69) is 15.9 Å². The van der Waals surface area contributed by atoms with Crippen LogP contribution in [0.25, 0.3) is 0 Å². The van der Waals surface area contributed by atoms with Gasteiger partial charge in [0, 0.05) is 5.56 Å². The number of hydrogen-bond donors (Lipinski definition) is 0. The van der Waals surface area contributed by atoms with Gasteiger partial charge in [-0.15, -0.1) is 0 Å². The van der Waals surface area contributed by atoms with Crippen LogP contribution in [-0.2, 0) is 0 Å². The Balaban J connectivity index is 2.00. The van der Waals surface area contributed by atoms with E-state index in [1.807, 2.05) is 31.2 Å². The van der Waals surface area contributed by atoms with Crippen molar-refractivity contribution < 1.29 is 13.9 Å². The van der Waals surface area contributed by atoms with E-state index >= 15 is 0 Å². The van der Waals surface area contributed by atoms with Crippen molar-refractivity contribution in [3.05, 3.63) is 46.3 Å². The number of fused-ring (bicyclic) bond motifs is 1. The van der Waals surface area contributed by atoms with E-state index in [4.69, 9.17) is 9.15 Å². The maximum absolute atomic E-state index is 12.6. The van der Waals surface area contributed by atoms with E-state index in [1.54, 1.807) is 11.0 Å². The highest BCUT2D eigenvalue weighted by Gasteiger charge is 2.27. The summed E-state index contributed by atoms with van der Waals surface area (Å²) in [7, 11) is 0. The summed E-state index contributed by atoms with van der Waals surface area (Å²) >= 11 is 3.24. The van der Waals surface area contributed by atoms with Crippen LogP contribution < -0.4 is 9.64 Å². The summed E-state index contributed by atoms with van der Waals surface area (Å²) in [6.45, 7) is 2.87. The number of ether oxygens (including phenoxy) is 1. The highest BCUT2D eigenvalue weighted by molar-refractivity contribution is 9.10. The molecule has 1 amide bonds. The third-order valence-corrected chi connectivity index (χ3v) is 3.45. The van der Waals surface area contributed by atoms with Crippen LogP contribution in [0.2, 0.25) is 0 Å². The molecule has 0 unspecified atom stereocenters. The maximum Gasteiger partial charge on any atom is 0.294 e. The molecule has 98 valence electrons. The molecule has 0 radical (unpaired) electrons. The Morgan fingerprint density at radius 2 is 2.16 bits per heavy atom. The molecular weight excluding hydrogens is 310 g/mol. The molecule has 0 aliphatic carbocycles. The minimum Gasteiger partial charge on any atom is -0.490 e. The van der Waals surface area contributed by atoms with E-state index in [0.717, 1.165) is 17.0 Å². The van der Waals surface area contributed by atoms with E-state index in [9.17, 15) is 4.79 Å². The van der Waals surface area contributed by atoms with E-state index in [0.29, 0.717) is 23.6 Å². The Kier molecular flexibility index (Phi) is 3.06. The van der Waals surface area contributed by atoms with Crippen LogP contribution in [-0.4, -0.2) is 19.1 Å². The molecule has 0 saturated heterocycles. The van der Waals surface area contributed by atoms with Gasteiger partial charge in [-0.3, -0.25) is 9.69 Å². The first-order valence-corrected chi connectivity index (χ1v) is 6.76. The van der Waals surface area contributed by atoms with Gasteiger partial charge >= 0.3 is 0 Å². The number of anilines is 1. The number of halogens is 1. The number of rotatable bonds is 1. The molecular formula is C14H12BrNO3. The van der Waals surface area contributed by atoms with Crippen molar-refractivity contribution in [1.29, 1.82) is 0 Å². The van der Waals surface area contributed by atoms with Crippen molar-refractivity contribution in [2.24, 2.45) is 0 Å². The van der Waals surface area contributed by atoms with Crippen LogP contribution in [0.5, 0.6) is 5.75 Å². The third-order valence-electron chi connectivity index (χ3n) is 3.06. The van der Waals surface area contributed by atoms with E-state index in [1.165, 1.54) is 0 Å². The number of furan rings is 1.